The van der Waals surface area contributed by atoms with E-state index in [-0.39, 0.29) is 27.9 Å². The number of oxime groups is 1. The molecule has 2 atom stereocenters. The average molecular weight is 470 g/mol. The van der Waals surface area contributed by atoms with Crippen molar-refractivity contribution in [2.75, 3.05) is 11.5 Å². The van der Waals surface area contributed by atoms with Crippen molar-refractivity contribution >= 4 is 63.8 Å². The molecular formula is C17H19N5O7S2. The molecule has 0 saturated heterocycles. The highest BCUT2D eigenvalue weighted by atomic mass is 32.2. The molecule has 2 rings (SSSR count). The van der Waals surface area contributed by atoms with Gasteiger partial charge in [-0.3, -0.25) is 9.79 Å². The zero-order valence-corrected chi connectivity index (χ0v) is 18.0. The fourth-order valence-corrected chi connectivity index (χ4v) is 3.67. The molecule has 1 aliphatic rings. The highest BCUT2D eigenvalue weighted by Crippen LogP contribution is 2.25. The van der Waals surface area contributed by atoms with Gasteiger partial charge in [-0.25, -0.2) is 14.6 Å². The Kier molecular flexibility index (Phi) is 7.51. The molecule has 0 unspecified atom stereocenters. The van der Waals surface area contributed by atoms with Crippen LogP contribution in [0.25, 0.3) is 0 Å². The third kappa shape index (κ3) is 5.88. The standard InChI is InChI=1S/C17H19N5O7S2/c1-7-5-30-13(21-10(7)14(25)26)8(4-23)19-12(24)11(9-6-31-16(18)20-9)22-29-17(2,3)15(27)28/h4,6,8,13H,1,5H2,2-3H3,(H2,18,20)(H,19,24)(H,25,26)(H,27,28)/b22-11+/t8-,13+/m1/s1. The summed E-state index contributed by atoms with van der Waals surface area (Å²) in [6.07, 6.45) is 0.404. The number of nitrogen functional groups attached to an aromatic ring is 1. The van der Waals surface area contributed by atoms with Crippen LogP contribution in [-0.2, 0) is 24.0 Å². The van der Waals surface area contributed by atoms with Gasteiger partial charge < -0.3 is 30.9 Å². The number of nitrogens with zero attached hydrogens (tertiary/aromatic N) is 3. The van der Waals surface area contributed by atoms with Gasteiger partial charge in [-0.15, -0.1) is 23.1 Å². The first kappa shape index (κ1) is 24.0. The average Bonchev–Trinajstić information content (AvgIpc) is 3.12. The Balaban J connectivity index is 2.31. The molecule has 0 aliphatic carbocycles. The number of anilines is 1. The van der Waals surface area contributed by atoms with Gasteiger partial charge in [0.25, 0.3) is 5.91 Å². The lowest BCUT2D eigenvalue weighted by Crippen LogP contribution is -2.47. The molecular weight excluding hydrogens is 450 g/mol. The first-order chi connectivity index (χ1) is 14.5. The normalized spacial score (nSPS) is 18.0. The predicted octanol–water partition coefficient (Wildman–Crippen LogP) is 0.148. The van der Waals surface area contributed by atoms with E-state index in [2.05, 4.69) is 27.0 Å². The van der Waals surface area contributed by atoms with Gasteiger partial charge in [0.05, 0.1) is 0 Å². The van der Waals surface area contributed by atoms with E-state index in [0.29, 0.717) is 6.29 Å². The molecule has 1 amide bonds. The number of amides is 1. The first-order valence-electron chi connectivity index (χ1n) is 8.54. The minimum absolute atomic E-state index is 0.00485. The van der Waals surface area contributed by atoms with Crippen LogP contribution in [0.15, 0.2) is 27.7 Å². The van der Waals surface area contributed by atoms with Gasteiger partial charge in [-0.2, -0.15) is 0 Å². The van der Waals surface area contributed by atoms with Crippen molar-refractivity contribution in [3.63, 3.8) is 0 Å². The summed E-state index contributed by atoms with van der Waals surface area (Å²) in [5.74, 6) is -3.33. The number of hydrogen-bond donors (Lipinski definition) is 4. The van der Waals surface area contributed by atoms with Crippen molar-refractivity contribution in [1.29, 1.82) is 0 Å². The van der Waals surface area contributed by atoms with Crippen molar-refractivity contribution in [1.82, 2.24) is 10.3 Å². The summed E-state index contributed by atoms with van der Waals surface area (Å²) in [6, 6.07) is -1.21. The number of thioether (sulfide) groups is 1. The number of carbonyl (C=O) groups is 4. The molecule has 14 heteroatoms. The number of aliphatic carboxylic acids is 2. The summed E-state index contributed by atoms with van der Waals surface area (Å²) in [5.41, 5.74) is 3.44. The van der Waals surface area contributed by atoms with Crippen LogP contribution >= 0.6 is 23.1 Å². The number of thiazole rings is 1. The lowest BCUT2D eigenvalue weighted by Gasteiger charge is -2.25. The Hall–Kier alpha value is -3.26. The number of nitrogens with one attached hydrogen (secondary N) is 1. The molecule has 0 radical (unpaired) electrons. The van der Waals surface area contributed by atoms with Gasteiger partial charge in [-0.05, 0) is 19.4 Å². The van der Waals surface area contributed by atoms with Crippen LogP contribution in [0.1, 0.15) is 19.5 Å². The Morgan fingerprint density at radius 1 is 1.45 bits per heavy atom. The minimum atomic E-state index is -1.75. The zero-order chi connectivity index (χ0) is 23.3. The zero-order valence-electron chi connectivity index (χ0n) is 16.4. The smallest absolute Gasteiger partial charge is 0.354 e. The highest BCUT2D eigenvalue weighted by Gasteiger charge is 2.33. The fraction of sp³-hybridized carbons (Fsp3) is 0.353. The van der Waals surface area contributed by atoms with E-state index in [9.17, 15) is 24.3 Å². The van der Waals surface area contributed by atoms with Gasteiger partial charge in [0.1, 0.15) is 29.1 Å². The van der Waals surface area contributed by atoms with Crippen LogP contribution in [-0.4, -0.2) is 73.5 Å². The minimum Gasteiger partial charge on any atom is -0.478 e. The summed E-state index contributed by atoms with van der Waals surface area (Å²) in [5, 5.41) is 25.0. The first-order valence-corrected chi connectivity index (χ1v) is 10.5. The topological polar surface area (TPSA) is 194 Å². The molecule has 166 valence electrons. The van der Waals surface area contributed by atoms with E-state index in [1.165, 1.54) is 19.2 Å². The predicted molar refractivity (Wildman–Crippen MR) is 114 cm³/mol. The summed E-state index contributed by atoms with van der Waals surface area (Å²) < 4.78 is 0. The van der Waals surface area contributed by atoms with Crippen LogP contribution in [0.4, 0.5) is 5.13 Å². The summed E-state index contributed by atoms with van der Waals surface area (Å²) in [7, 11) is 0. The molecule has 2 heterocycles. The van der Waals surface area contributed by atoms with Crippen molar-refractivity contribution in [3.05, 3.63) is 23.2 Å². The van der Waals surface area contributed by atoms with Gasteiger partial charge in [0.2, 0.25) is 5.60 Å². The number of carboxylic acid groups (broad SMARTS) is 2. The molecule has 0 fully saturated rings. The third-order valence-corrected chi connectivity index (χ3v) is 5.76. The van der Waals surface area contributed by atoms with E-state index in [1.807, 2.05) is 0 Å². The van der Waals surface area contributed by atoms with E-state index in [4.69, 9.17) is 15.7 Å². The van der Waals surface area contributed by atoms with Crippen LogP contribution in [0.3, 0.4) is 0 Å². The SMILES string of the molecule is C=C1CS[C@@H]([C@@H](C=O)NC(=O)/C(=N/OC(C)(C)C(=O)O)c2csc(N)n2)N=C1C(=O)O. The maximum absolute atomic E-state index is 12.8. The lowest BCUT2D eigenvalue weighted by atomic mass is 10.1. The number of nitrogens with two attached hydrogens (primary N) is 1. The molecule has 0 spiro atoms. The number of aldehydes is 1. The maximum Gasteiger partial charge on any atom is 0.354 e. The molecule has 0 bridgehead atoms. The number of rotatable bonds is 9. The third-order valence-electron chi connectivity index (χ3n) is 3.83. The number of hydrogen-bond acceptors (Lipinski definition) is 11. The summed E-state index contributed by atoms with van der Waals surface area (Å²) >= 11 is 2.13. The lowest BCUT2D eigenvalue weighted by molar-refractivity contribution is -0.161. The van der Waals surface area contributed by atoms with Crippen LogP contribution in [0.2, 0.25) is 0 Å². The van der Waals surface area contributed by atoms with Crippen molar-refractivity contribution in [2.24, 2.45) is 10.1 Å². The highest BCUT2D eigenvalue weighted by molar-refractivity contribution is 8.00. The van der Waals surface area contributed by atoms with Crippen molar-refractivity contribution in [2.45, 2.75) is 30.9 Å². The molecule has 0 saturated carbocycles. The molecule has 31 heavy (non-hydrogen) atoms. The van der Waals surface area contributed by atoms with Gasteiger partial charge >= 0.3 is 11.9 Å². The number of carboxylic acids is 2. The number of aromatic nitrogens is 1. The van der Waals surface area contributed by atoms with Crippen LogP contribution < -0.4 is 11.1 Å². The largest absolute Gasteiger partial charge is 0.478 e. The second-order valence-corrected chi connectivity index (χ2v) is 8.64. The van der Waals surface area contributed by atoms with Gasteiger partial charge in [0, 0.05) is 11.1 Å². The molecule has 0 aromatic carbocycles. The van der Waals surface area contributed by atoms with E-state index < -0.39 is 40.6 Å². The van der Waals surface area contributed by atoms with Crippen LogP contribution in [0, 0.1) is 0 Å². The monoisotopic (exact) mass is 469 g/mol. The van der Waals surface area contributed by atoms with Gasteiger partial charge in [-0.1, -0.05) is 11.7 Å². The van der Waals surface area contributed by atoms with Crippen molar-refractivity contribution < 1.29 is 34.2 Å². The van der Waals surface area contributed by atoms with E-state index in [0.717, 1.165) is 23.1 Å². The van der Waals surface area contributed by atoms with E-state index >= 15 is 0 Å². The van der Waals surface area contributed by atoms with Gasteiger partial charge in [0.15, 0.2) is 10.8 Å². The molecule has 1 aromatic heterocycles. The number of carbonyl (C=O) groups excluding carboxylic acids is 2. The Labute approximate surface area is 184 Å². The van der Waals surface area contributed by atoms with E-state index in [1.54, 1.807) is 0 Å². The Bertz CT molecular complexity index is 985. The quantitative estimate of drug-likeness (QED) is 0.220. The fourth-order valence-electron chi connectivity index (χ4n) is 2.09. The second kappa shape index (κ2) is 9.70. The molecule has 5 N–H and O–H groups in total. The Morgan fingerprint density at radius 2 is 2.13 bits per heavy atom. The molecule has 12 nitrogen and oxygen atoms in total. The Morgan fingerprint density at radius 3 is 2.65 bits per heavy atom. The van der Waals surface area contributed by atoms with Crippen LogP contribution in [0.5, 0.6) is 0 Å². The molecule has 1 aromatic rings. The maximum atomic E-state index is 12.8. The molecule has 1 aliphatic heterocycles. The second-order valence-electron chi connectivity index (χ2n) is 6.64. The summed E-state index contributed by atoms with van der Waals surface area (Å²) in [4.78, 5) is 59.9. The summed E-state index contributed by atoms with van der Waals surface area (Å²) in [6.45, 7) is 6.07. The number of aliphatic imine (C=N–C) groups is 1. The van der Waals surface area contributed by atoms with Crippen molar-refractivity contribution in [3.8, 4) is 0 Å².